The summed E-state index contributed by atoms with van der Waals surface area (Å²) in [7, 11) is 0. The number of nitrogens with zero attached hydrogens (tertiary/aromatic N) is 5. The zero-order valence-electron chi connectivity index (χ0n) is 27.3. The van der Waals surface area contributed by atoms with Crippen molar-refractivity contribution in [2.45, 2.75) is 70.0 Å². The number of carbonyl (C=O) groups is 1. The smallest absolute Gasteiger partial charge is 0.264 e. The van der Waals surface area contributed by atoms with Crippen LogP contribution in [0, 0.1) is 24.7 Å². The number of aliphatic imine (C=N–C) groups is 1. The lowest BCUT2D eigenvalue weighted by molar-refractivity contribution is -0.117. The molecule has 9 nitrogen and oxygen atoms in total. The summed E-state index contributed by atoms with van der Waals surface area (Å²) in [6.07, 6.45) is 7.73. The molecule has 1 spiro atoms. The fourth-order valence-corrected chi connectivity index (χ4v) is 7.50. The highest BCUT2D eigenvalue weighted by Crippen LogP contribution is 2.52. The minimum Gasteiger partial charge on any atom is -0.398 e. The molecule has 2 aromatic heterocycles. The van der Waals surface area contributed by atoms with Crippen molar-refractivity contribution in [1.29, 1.82) is 0 Å². The number of benzene rings is 2. The van der Waals surface area contributed by atoms with Crippen LogP contribution in [0.3, 0.4) is 0 Å². The molecule has 254 valence electrons. The molecule has 1 atom stereocenters. The topological polar surface area (TPSA) is 122 Å². The second kappa shape index (κ2) is 13.8. The third-order valence-electron chi connectivity index (χ3n) is 10.2. The van der Waals surface area contributed by atoms with Gasteiger partial charge in [0.1, 0.15) is 0 Å². The summed E-state index contributed by atoms with van der Waals surface area (Å²) in [5.74, 6) is 6.11. The number of amides is 1. The van der Waals surface area contributed by atoms with Gasteiger partial charge in [0.2, 0.25) is 0 Å². The summed E-state index contributed by atoms with van der Waals surface area (Å²) < 4.78 is 31.3. The summed E-state index contributed by atoms with van der Waals surface area (Å²) in [6.45, 7) is 4.77. The van der Waals surface area contributed by atoms with Crippen LogP contribution in [0.25, 0.3) is 0 Å². The Morgan fingerprint density at radius 2 is 1.98 bits per heavy atom. The Morgan fingerprint density at radius 3 is 2.65 bits per heavy atom. The van der Waals surface area contributed by atoms with Gasteiger partial charge in [0.15, 0.2) is 11.2 Å². The SMILES string of the molecule is Cc1c(C#Cc2ccc(CN3CCC(CO)CC3)cc2)cc(C(F)F)c(C=NC(C(=O)Nc2nccs2)c2ncn3c2CCC32CC2)c1N. The highest BCUT2D eigenvalue weighted by Gasteiger charge is 2.50. The average Bonchev–Trinajstić information content (AvgIpc) is 3.36. The lowest BCUT2D eigenvalue weighted by atomic mass is 9.96. The number of aliphatic hydroxyl groups excluding tert-OH is 1. The number of anilines is 2. The summed E-state index contributed by atoms with van der Waals surface area (Å²) in [6, 6.07) is 8.23. The van der Waals surface area contributed by atoms with Crippen LogP contribution in [0.4, 0.5) is 19.6 Å². The van der Waals surface area contributed by atoms with Gasteiger partial charge in [-0.15, -0.1) is 11.3 Å². The molecule has 4 heterocycles. The fraction of sp³-hybridized carbons (Fsp3) is 0.405. The van der Waals surface area contributed by atoms with Crippen LogP contribution >= 0.6 is 11.3 Å². The molecule has 1 aliphatic carbocycles. The van der Waals surface area contributed by atoms with E-state index in [9.17, 15) is 18.7 Å². The fourth-order valence-electron chi connectivity index (χ4n) is 6.97. The molecule has 1 unspecified atom stereocenters. The highest BCUT2D eigenvalue weighted by atomic mass is 32.1. The predicted octanol–water partition coefficient (Wildman–Crippen LogP) is 6.01. The number of alkyl halides is 2. The predicted molar refractivity (Wildman–Crippen MR) is 187 cm³/mol. The van der Waals surface area contributed by atoms with Crippen LogP contribution in [-0.4, -0.2) is 56.4 Å². The molecule has 0 bridgehead atoms. The number of nitrogen functional groups attached to an aromatic ring is 1. The summed E-state index contributed by atoms with van der Waals surface area (Å²) in [5, 5.41) is 14.4. The number of rotatable bonds is 9. The number of aliphatic hydroxyl groups is 1. The first-order valence-electron chi connectivity index (χ1n) is 16.7. The van der Waals surface area contributed by atoms with Crippen molar-refractivity contribution in [3.8, 4) is 11.8 Å². The second-order valence-corrected chi connectivity index (χ2v) is 14.2. The van der Waals surface area contributed by atoms with E-state index in [2.05, 4.69) is 41.6 Å². The van der Waals surface area contributed by atoms with Crippen molar-refractivity contribution in [2.75, 3.05) is 30.7 Å². The van der Waals surface area contributed by atoms with Gasteiger partial charge in [0, 0.05) is 70.1 Å². The first kappa shape index (κ1) is 33.1. The molecule has 49 heavy (non-hydrogen) atoms. The number of nitrogens with two attached hydrogens (primary N) is 1. The molecule has 4 aromatic rings. The maximum atomic E-state index is 14.6. The van der Waals surface area contributed by atoms with Gasteiger partial charge in [-0.05, 0) is 93.8 Å². The van der Waals surface area contributed by atoms with Crippen LogP contribution in [0.1, 0.15) is 89.3 Å². The number of hydrogen-bond donors (Lipinski definition) is 3. The number of nitrogens with one attached hydrogen (secondary N) is 1. The molecule has 2 aliphatic heterocycles. The summed E-state index contributed by atoms with van der Waals surface area (Å²) >= 11 is 1.28. The normalized spacial score (nSPS) is 17.7. The number of thiazole rings is 1. The van der Waals surface area contributed by atoms with Crippen molar-refractivity contribution in [3.63, 3.8) is 0 Å². The average molecular weight is 684 g/mol. The van der Waals surface area contributed by atoms with Gasteiger partial charge in [-0.25, -0.2) is 18.7 Å². The number of halogens is 2. The van der Waals surface area contributed by atoms with Gasteiger partial charge >= 0.3 is 0 Å². The quantitative estimate of drug-likeness (QED) is 0.113. The lowest BCUT2D eigenvalue weighted by Gasteiger charge is -2.31. The zero-order valence-corrected chi connectivity index (χ0v) is 28.1. The molecule has 1 saturated heterocycles. The van der Waals surface area contributed by atoms with E-state index in [0.29, 0.717) is 27.9 Å². The Balaban J connectivity index is 1.13. The lowest BCUT2D eigenvalue weighted by Crippen LogP contribution is -2.34. The van der Waals surface area contributed by atoms with Crippen molar-refractivity contribution in [2.24, 2.45) is 10.9 Å². The molecule has 7 rings (SSSR count). The van der Waals surface area contributed by atoms with E-state index in [-0.39, 0.29) is 29.0 Å². The Labute approximate surface area is 288 Å². The summed E-state index contributed by atoms with van der Waals surface area (Å²) in [5.41, 5.74) is 10.8. The Kier molecular flexibility index (Phi) is 9.33. The Bertz CT molecular complexity index is 1920. The minimum absolute atomic E-state index is 0.0620. The third kappa shape index (κ3) is 6.88. The molecule has 4 N–H and O–H groups in total. The van der Waals surface area contributed by atoms with Gasteiger partial charge in [0.05, 0.1) is 12.0 Å². The van der Waals surface area contributed by atoms with E-state index in [1.165, 1.54) is 29.2 Å². The van der Waals surface area contributed by atoms with E-state index in [1.54, 1.807) is 24.8 Å². The molecular weight excluding hydrogens is 645 g/mol. The number of imidazole rings is 1. The number of fused-ring (bicyclic) bond motifs is 2. The van der Waals surface area contributed by atoms with E-state index in [1.807, 2.05) is 24.3 Å². The summed E-state index contributed by atoms with van der Waals surface area (Å²) in [4.78, 5) is 29.3. The van der Waals surface area contributed by atoms with E-state index in [4.69, 9.17) is 5.73 Å². The molecule has 1 saturated carbocycles. The van der Waals surface area contributed by atoms with Gasteiger partial charge in [0.25, 0.3) is 12.3 Å². The van der Waals surface area contributed by atoms with Crippen LogP contribution < -0.4 is 11.1 Å². The maximum absolute atomic E-state index is 14.6. The van der Waals surface area contributed by atoms with Gasteiger partial charge in [-0.1, -0.05) is 24.0 Å². The van der Waals surface area contributed by atoms with Crippen LogP contribution in [0.15, 0.2) is 53.2 Å². The zero-order chi connectivity index (χ0) is 34.1. The van der Waals surface area contributed by atoms with Crippen LogP contribution in [0.5, 0.6) is 0 Å². The van der Waals surface area contributed by atoms with Crippen molar-refractivity contribution < 1.29 is 18.7 Å². The van der Waals surface area contributed by atoms with Gasteiger partial charge < -0.3 is 15.4 Å². The van der Waals surface area contributed by atoms with E-state index in [0.717, 1.165) is 69.4 Å². The first-order valence-corrected chi connectivity index (χ1v) is 17.6. The van der Waals surface area contributed by atoms with Gasteiger partial charge in [-0.3, -0.25) is 20.0 Å². The molecule has 3 aliphatic rings. The van der Waals surface area contributed by atoms with Crippen LogP contribution in [-0.2, 0) is 23.3 Å². The first-order chi connectivity index (χ1) is 23.7. The van der Waals surface area contributed by atoms with E-state index < -0.39 is 18.4 Å². The molecule has 2 aromatic carbocycles. The van der Waals surface area contributed by atoms with Crippen LogP contribution in [0.2, 0.25) is 0 Å². The number of likely N-dealkylation sites (tertiary alicyclic amines) is 1. The molecule has 2 fully saturated rings. The molecule has 12 heteroatoms. The monoisotopic (exact) mass is 683 g/mol. The number of aromatic nitrogens is 3. The second-order valence-electron chi connectivity index (χ2n) is 13.3. The van der Waals surface area contributed by atoms with E-state index >= 15 is 0 Å². The molecule has 1 amide bonds. The number of carbonyl (C=O) groups excluding carboxylic acids is 1. The highest BCUT2D eigenvalue weighted by molar-refractivity contribution is 7.13. The Morgan fingerprint density at radius 1 is 1.20 bits per heavy atom. The Hall–Kier alpha value is -4.44. The standard InChI is InChI=1S/C37H39F2N7O2S/c1-23-27(7-6-24-2-4-25(5-3-24)20-45-15-9-26(21-47)10-16-45)18-28(34(38)39)29(31(23)40)19-42-33(35(48)44-36-41-14-17-49-36)32-30-8-11-37(12-13-37)46(30)22-43-32/h2-5,14,17-19,22,26,33-34,47H,8-13,15-16,20-21,40H2,1H3,(H,41,44,48). The van der Waals surface area contributed by atoms with Crippen molar-refractivity contribution >= 4 is 34.3 Å². The third-order valence-corrected chi connectivity index (χ3v) is 10.9. The molecular formula is C37H39F2N7O2S. The maximum Gasteiger partial charge on any atom is 0.264 e. The van der Waals surface area contributed by atoms with Gasteiger partial charge in [-0.2, -0.15) is 0 Å². The molecule has 0 radical (unpaired) electrons. The van der Waals surface area contributed by atoms with Crippen molar-refractivity contribution in [3.05, 3.63) is 93.0 Å². The number of hydrogen-bond acceptors (Lipinski definition) is 8. The minimum atomic E-state index is -2.85. The largest absolute Gasteiger partial charge is 0.398 e. The number of piperidine rings is 1. The van der Waals surface area contributed by atoms with Crippen molar-refractivity contribution in [1.82, 2.24) is 19.4 Å².